The molecule has 0 saturated heterocycles. The summed E-state index contributed by atoms with van der Waals surface area (Å²) in [7, 11) is 0. The van der Waals surface area contributed by atoms with Gasteiger partial charge in [0.1, 0.15) is 0 Å². The van der Waals surface area contributed by atoms with Crippen LogP contribution in [0.1, 0.15) is 104 Å². The highest BCUT2D eigenvalue weighted by atomic mass is 16.5. The van der Waals surface area contributed by atoms with E-state index in [1.54, 1.807) is 0 Å². The van der Waals surface area contributed by atoms with Crippen LogP contribution in [-0.2, 0) is 4.74 Å². The number of allylic oxidation sites excluding steroid dienone is 1. The molecule has 1 nitrogen and oxygen atoms in total. The zero-order valence-corrected chi connectivity index (χ0v) is 14.2. The van der Waals surface area contributed by atoms with Crippen molar-refractivity contribution in [3.8, 4) is 0 Å². The zero-order valence-electron chi connectivity index (χ0n) is 14.2. The predicted molar refractivity (Wildman–Crippen MR) is 91.1 cm³/mol. The molecule has 0 amide bonds. The van der Waals surface area contributed by atoms with Crippen LogP contribution in [0.5, 0.6) is 0 Å². The highest BCUT2D eigenvalue weighted by Crippen LogP contribution is 2.12. The van der Waals surface area contributed by atoms with E-state index in [1.807, 2.05) is 6.26 Å². The molecule has 0 N–H and O–H groups in total. The topological polar surface area (TPSA) is 9.23 Å². The first kappa shape index (κ1) is 19.5. The molecular weight excluding hydrogens is 244 g/mol. The van der Waals surface area contributed by atoms with Crippen LogP contribution in [0.2, 0.25) is 0 Å². The lowest BCUT2D eigenvalue weighted by molar-refractivity contribution is 0.248. The molecule has 0 saturated carbocycles. The van der Waals surface area contributed by atoms with Gasteiger partial charge in [-0.2, -0.15) is 0 Å². The molecule has 0 aromatic rings. The van der Waals surface area contributed by atoms with E-state index in [2.05, 4.69) is 19.9 Å². The Morgan fingerprint density at radius 1 is 0.600 bits per heavy atom. The Labute approximate surface area is 128 Å². The maximum Gasteiger partial charge on any atom is 0.0870 e. The number of unbranched alkanes of at least 4 members (excludes halogenated alkanes) is 12. The summed E-state index contributed by atoms with van der Waals surface area (Å²) in [5.41, 5.74) is 0. The Morgan fingerprint density at radius 2 is 1.10 bits per heavy atom. The fourth-order valence-corrected chi connectivity index (χ4v) is 2.43. The SMILES string of the molecule is CCCCCCCCCCCCCC/C=C/OCCC. The van der Waals surface area contributed by atoms with E-state index in [0.717, 1.165) is 13.0 Å². The van der Waals surface area contributed by atoms with E-state index < -0.39 is 0 Å². The number of hydrogen-bond acceptors (Lipinski definition) is 1. The minimum Gasteiger partial charge on any atom is -0.502 e. The molecule has 0 spiro atoms. The molecule has 0 fully saturated rings. The van der Waals surface area contributed by atoms with E-state index in [0.29, 0.717) is 0 Å². The molecule has 0 aliphatic rings. The van der Waals surface area contributed by atoms with Crippen LogP contribution in [0.15, 0.2) is 12.3 Å². The molecule has 0 atom stereocenters. The van der Waals surface area contributed by atoms with Gasteiger partial charge < -0.3 is 4.74 Å². The summed E-state index contributed by atoms with van der Waals surface area (Å²) >= 11 is 0. The molecule has 0 radical (unpaired) electrons. The number of ether oxygens (including phenoxy) is 1. The molecular formula is C19H38O. The van der Waals surface area contributed by atoms with Crippen LogP contribution >= 0.6 is 0 Å². The van der Waals surface area contributed by atoms with Crippen LogP contribution < -0.4 is 0 Å². The first-order chi connectivity index (χ1) is 9.91. The average Bonchev–Trinajstić information content (AvgIpc) is 2.47. The van der Waals surface area contributed by atoms with Crippen molar-refractivity contribution in [1.29, 1.82) is 0 Å². The van der Waals surface area contributed by atoms with Gasteiger partial charge in [-0.3, -0.25) is 0 Å². The Morgan fingerprint density at radius 3 is 1.60 bits per heavy atom. The van der Waals surface area contributed by atoms with Crippen molar-refractivity contribution in [2.75, 3.05) is 6.61 Å². The van der Waals surface area contributed by atoms with Gasteiger partial charge in [-0.15, -0.1) is 0 Å². The standard InChI is InChI=1S/C19H38O/c1-3-5-6-7-8-9-10-11-12-13-14-15-16-17-19-20-18-4-2/h17,19H,3-16,18H2,1-2H3/b19-17+. The van der Waals surface area contributed by atoms with Gasteiger partial charge in [0, 0.05) is 0 Å². The maximum atomic E-state index is 5.31. The van der Waals surface area contributed by atoms with Crippen LogP contribution in [0.4, 0.5) is 0 Å². The van der Waals surface area contributed by atoms with E-state index >= 15 is 0 Å². The summed E-state index contributed by atoms with van der Waals surface area (Å²) in [6.07, 6.45) is 23.4. The normalized spacial score (nSPS) is 11.3. The monoisotopic (exact) mass is 282 g/mol. The predicted octanol–water partition coefficient (Wildman–Crippen LogP) is 7.02. The van der Waals surface area contributed by atoms with Crippen molar-refractivity contribution < 1.29 is 4.74 Å². The molecule has 20 heavy (non-hydrogen) atoms. The molecule has 120 valence electrons. The van der Waals surface area contributed by atoms with Crippen LogP contribution in [-0.4, -0.2) is 6.61 Å². The Kier molecular flexibility index (Phi) is 18.1. The Balaban J connectivity index is 2.97. The van der Waals surface area contributed by atoms with E-state index in [1.165, 1.54) is 83.5 Å². The largest absolute Gasteiger partial charge is 0.502 e. The van der Waals surface area contributed by atoms with Crippen LogP contribution in [0.3, 0.4) is 0 Å². The molecule has 0 heterocycles. The van der Waals surface area contributed by atoms with Gasteiger partial charge >= 0.3 is 0 Å². The van der Waals surface area contributed by atoms with Gasteiger partial charge in [-0.1, -0.05) is 84.5 Å². The molecule has 0 aromatic heterocycles. The first-order valence-corrected chi connectivity index (χ1v) is 9.18. The molecule has 1 heteroatoms. The van der Waals surface area contributed by atoms with Crippen molar-refractivity contribution >= 4 is 0 Å². The second-order valence-corrected chi connectivity index (χ2v) is 5.92. The summed E-state index contributed by atoms with van der Waals surface area (Å²) < 4.78 is 5.31. The first-order valence-electron chi connectivity index (χ1n) is 9.18. The summed E-state index contributed by atoms with van der Waals surface area (Å²) in [5.74, 6) is 0. The lowest BCUT2D eigenvalue weighted by Crippen LogP contribution is -1.83. The molecule has 0 aliphatic heterocycles. The second-order valence-electron chi connectivity index (χ2n) is 5.92. The third-order valence-electron chi connectivity index (χ3n) is 3.74. The summed E-state index contributed by atoms with van der Waals surface area (Å²) in [6, 6.07) is 0. The minimum atomic E-state index is 0.856. The molecule has 0 unspecified atom stereocenters. The number of rotatable bonds is 16. The molecule has 0 aromatic carbocycles. The van der Waals surface area contributed by atoms with Gasteiger partial charge in [-0.05, 0) is 25.3 Å². The van der Waals surface area contributed by atoms with Crippen molar-refractivity contribution in [1.82, 2.24) is 0 Å². The Hall–Kier alpha value is -0.460. The summed E-state index contributed by atoms with van der Waals surface area (Å²) in [6.45, 7) is 5.28. The van der Waals surface area contributed by atoms with Gasteiger partial charge in [0.25, 0.3) is 0 Å². The molecule has 0 rings (SSSR count). The van der Waals surface area contributed by atoms with Crippen molar-refractivity contribution in [3.63, 3.8) is 0 Å². The summed E-state index contributed by atoms with van der Waals surface area (Å²) in [4.78, 5) is 0. The van der Waals surface area contributed by atoms with Gasteiger partial charge in [0.05, 0.1) is 12.9 Å². The van der Waals surface area contributed by atoms with Crippen molar-refractivity contribution in [2.45, 2.75) is 104 Å². The van der Waals surface area contributed by atoms with E-state index in [4.69, 9.17) is 4.74 Å². The smallest absolute Gasteiger partial charge is 0.0870 e. The molecule has 0 bridgehead atoms. The fourth-order valence-electron chi connectivity index (χ4n) is 2.43. The van der Waals surface area contributed by atoms with Crippen LogP contribution in [0, 0.1) is 0 Å². The summed E-state index contributed by atoms with van der Waals surface area (Å²) in [5, 5.41) is 0. The number of hydrogen-bond donors (Lipinski definition) is 0. The lowest BCUT2D eigenvalue weighted by atomic mass is 10.0. The minimum absolute atomic E-state index is 0.856. The van der Waals surface area contributed by atoms with E-state index in [9.17, 15) is 0 Å². The van der Waals surface area contributed by atoms with Crippen molar-refractivity contribution in [2.24, 2.45) is 0 Å². The van der Waals surface area contributed by atoms with Crippen molar-refractivity contribution in [3.05, 3.63) is 12.3 Å². The highest BCUT2D eigenvalue weighted by molar-refractivity contribution is 4.73. The zero-order chi connectivity index (χ0) is 14.7. The van der Waals surface area contributed by atoms with E-state index in [-0.39, 0.29) is 0 Å². The lowest BCUT2D eigenvalue weighted by Gasteiger charge is -2.02. The fraction of sp³-hybridized carbons (Fsp3) is 0.895. The third-order valence-corrected chi connectivity index (χ3v) is 3.74. The Bertz CT molecular complexity index is 186. The second kappa shape index (κ2) is 18.5. The highest BCUT2D eigenvalue weighted by Gasteiger charge is 1.92. The average molecular weight is 283 g/mol. The van der Waals surface area contributed by atoms with Gasteiger partial charge in [-0.25, -0.2) is 0 Å². The third kappa shape index (κ3) is 17.5. The van der Waals surface area contributed by atoms with Gasteiger partial charge in [0.2, 0.25) is 0 Å². The van der Waals surface area contributed by atoms with Crippen LogP contribution in [0.25, 0.3) is 0 Å². The van der Waals surface area contributed by atoms with Gasteiger partial charge in [0.15, 0.2) is 0 Å². The quantitative estimate of drug-likeness (QED) is 0.218. The molecule has 0 aliphatic carbocycles. The maximum absolute atomic E-state index is 5.31.